The van der Waals surface area contributed by atoms with Crippen molar-refractivity contribution in [1.29, 1.82) is 0 Å². The third kappa shape index (κ3) is 62.2. The average Bonchev–Trinajstić information content (AvgIpc) is 0.783. The molecular formula is C134H212F10O6. The van der Waals surface area contributed by atoms with E-state index in [1.165, 1.54) is 385 Å². The number of hydrogen-bond donors (Lipinski definition) is 0. The molecule has 16 heteroatoms. The van der Waals surface area contributed by atoms with E-state index >= 15 is 35.1 Å². The fraction of sp³-hybridized carbons (Fsp3) is 0.716. The monoisotopic (exact) mass is 2110 g/mol. The van der Waals surface area contributed by atoms with Crippen molar-refractivity contribution in [2.45, 2.75) is 581 Å². The molecule has 6 nitrogen and oxygen atoms in total. The van der Waals surface area contributed by atoms with E-state index in [9.17, 15) is 8.78 Å². The molecule has 0 heterocycles. The van der Waals surface area contributed by atoms with Gasteiger partial charge in [0.1, 0.15) is 34.5 Å². The van der Waals surface area contributed by atoms with Crippen LogP contribution >= 0.6 is 0 Å². The Morgan fingerprint density at radius 2 is 0.220 bits per heavy atom. The highest BCUT2D eigenvalue weighted by atomic mass is 19.2. The summed E-state index contributed by atoms with van der Waals surface area (Å²) < 4.78 is 194. The van der Waals surface area contributed by atoms with Crippen molar-refractivity contribution in [2.24, 2.45) is 0 Å². The normalized spacial score (nSPS) is 11.9. The first kappa shape index (κ1) is 134. The number of benzene rings is 5. The summed E-state index contributed by atoms with van der Waals surface area (Å²) in [4.78, 5) is 0. The minimum absolute atomic E-state index is 0.294. The lowest BCUT2D eigenvalue weighted by Gasteiger charge is -2.17. The van der Waals surface area contributed by atoms with Gasteiger partial charge in [0.25, 0.3) is 0 Å². The maximum absolute atomic E-state index is 15.7. The zero-order chi connectivity index (χ0) is 108. The minimum Gasteiger partial charge on any atom is -0.493 e. The first-order valence-corrected chi connectivity index (χ1v) is 62.7. The van der Waals surface area contributed by atoms with Crippen molar-refractivity contribution in [1.82, 2.24) is 0 Å². The summed E-state index contributed by atoms with van der Waals surface area (Å²) >= 11 is 0. The van der Waals surface area contributed by atoms with Gasteiger partial charge in [0.05, 0.1) is 50.8 Å². The zero-order valence-corrected chi connectivity index (χ0v) is 96.0. The molecule has 854 valence electrons. The van der Waals surface area contributed by atoms with E-state index in [1.807, 2.05) is 48.6 Å². The third-order valence-corrected chi connectivity index (χ3v) is 30.2. The number of ether oxygens (including phenoxy) is 6. The summed E-state index contributed by atoms with van der Waals surface area (Å²) in [5.74, 6) is -17.7. The number of rotatable bonds is 104. The number of unbranched alkanes of at least 4 members (excludes halogenated alkanes) is 78. The van der Waals surface area contributed by atoms with Crippen LogP contribution in [0.15, 0.2) is 36.4 Å². The van der Waals surface area contributed by atoms with Crippen molar-refractivity contribution in [3.05, 3.63) is 139 Å². The average molecular weight is 2110 g/mol. The van der Waals surface area contributed by atoms with Gasteiger partial charge in [-0.3, -0.25) is 0 Å². The first-order chi connectivity index (χ1) is 73.6. The Morgan fingerprint density at radius 1 is 0.127 bits per heavy atom. The van der Waals surface area contributed by atoms with E-state index in [2.05, 4.69) is 41.5 Å². The van der Waals surface area contributed by atoms with Crippen LogP contribution in [-0.4, -0.2) is 39.6 Å². The van der Waals surface area contributed by atoms with Gasteiger partial charge in [-0.1, -0.05) is 579 Å². The van der Waals surface area contributed by atoms with Crippen molar-refractivity contribution in [3.63, 3.8) is 0 Å². The molecule has 0 aliphatic heterocycles. The minimum atomic E-state index is -2.23. The molecule has 0 saturated carbocycles. The molecule has 0 spiro atoms. The molecule has 5 rings (SSSR count). The third-order valence-electron chi connectivity index (χ3n) is 30.2. The van der Waals surface area contributed by atoms with Crippen LogP contribution in [0.25, 0.3) is 48.6 Å². The van der Waals surface area contributed by atoms with Crippen molar-refractivity contribution in [2.75, 3.05) is 39.6 Å². The molecule has 0 saturated heterocycles. The van der Waals surface area contributed by atoms with Gasteiger partial charge in [-0.15, -0.1) is 0 Å². The highest BCUT2D eigenvalue weighted by Crippen LogP contribution is 2.41. The van der Waals surface area contributed by atoms with Gasteiger partial charge < -0.3 is 28.4 Å². The van der Waals surface area contributed by atoms with E-state index in [-0.39, 0.29) is 0 Å². The van der Waals surface area contributed by atoms with Crippen LogP contribution in [0.4, 0.5) is 43.9 Å². The van der Waals surface area contributed by atoms with E-state index in [4.69, 9.17) is 28.4 Å². The molecule has 0 radical (unpaired) electrons. The van der Waals surface area contributed by atoms with E-state index < -0.39 is 69.3 Å². The summed E-state index contributed by atoms with van der Waals surface area (Å²) in [6.45, 7) is 15.6. The SMILES string of the molecule is CCCCCCCCCCCCCCCCOc1cc(/C=C/c2cc(OCCCCCCCCCCCCCCCC)c(/C=C/c3c(F)c(F)c(F)c(F)c3F)cc2OCCCCCCCCCCCCCCCC)c(OCCCCCCCCCCCCCCCC)cc1/C=C/c1cc(OCCCCCCCCCCCCCCCC)c(/C=C/c2c(F)c(F)c(F)c(F)c2F)cc1OCCCCCCCCCCCCCCCC. The molecule has 0 aromatic heterocycles. The van der Waals surface area contributed by atoms with Crippen LogP contribution in [0, 0.1) is 58.2 Å². The second kappa shape index (κ2) is 92.3. The predicted molar refractivity (Wildman–Crippen MR) is 622 cm³/mol. The maximum Gasteiger partial charge on any atom is 0.200 e. The summed E-state index contributed by atoms with van der Waals surface area (Å²) in [6, 6.07) is 11.2. The molecule has 0 fully saturated rings. The molecule has 0 amide bonds. The summed E-state index contributed by atoms with van der Waals surface area (Å²) in [6.07, 6.45) is 112. The van der Waals surface area contributed by atoms with Crippen LogP contribution < -0.4 is 28.4 Å². The van der Waals surface area contributed by atoms with Gasteiger partial charge in [0.2, 0.25) is 11.6 Å². The van der Waals surface area contributed by atoms with Gasteiger partial charge in [-0.2, -0.15) is 0 Å². The smallest absolute Gasteiger partial charge is 0.200 e. The lowest BCUT2D eigenvalue weighted by molar-refractivity contribution is 0.295. The summed E-state index contributed by atoms with van der Waals surface area (Å²) in [5.41, 5.74) is 1.14. The Bertz CT molecular complexity index is 3940. The highest BCUT2D eigenvalue weighted by molar-refractivity contribution is 5.84. The van der Waals surface area contributed by atoms with E-state index in [1.54, 1.807) is 12.1 Å². The second-order valence-electron chi connectivity index (χ2n) is 43.8. The Balaban J connectivity index is 1.69. The summed E-state index contributed by atoms with van der Waals surface area (Å²) in [7, 11) is 0. The summed E-state index contributed by atoms with van der Waals surface area (Å²) in [5, 5.41) is 0. The molecule has 0 aliphatic rings. The largest absolute Gasteiger partial charge is 0.493 e. The standard InChI is InChI=1S/C134H212F10O6/c1-7-13-19-25-31-37-43-49-55-61-67-73-79-85-99-145-119-105-112(92-94-114-108-124(150-104-90-84-78-72-66-60-54-48-42-36-30-24-18-12-6)116(96-98-118-127(137)131(141)134(144)132(142)128(118)138)110-122(114)148-102-88-82-76-70-64-58-52-46-40-34-28-22-16-10-4)120(146-100-86-80-74-68-62-56-50-44-38-32-26-20-14-8-2)106-111(119)91-93-113-107-123(149-103-89-83-77-71-65-59-53-47-41-35-29-23-17-11-5)115(95-97-117-125(135)129(139)133(143)130(140)126(117)136)109-121(113)147-101-87-81-75-69-63-57-51-45-39-33-27-21-15-9-3/h91-98,105-110H,7-90,99-104H2,1-6H3/b93-91+,94-92+,97-95+,98-96+. The van der Waals surface area contributed by atoms with Gasteiger partial charge in [-0.05, 0) is 87.1 Å². The quantitative estimate of drug-likeness (QED) is 0.0127. The first-order valence-electron chi connectivity index (χ1n) is 62.7. The zero-order valence-electron chi connectivity index (χ0n) is 96.0. The fourth-order valence-electron chi connectivity index (χ4n) is 20.4. The molecular weight excluding hydrogens is 1900 g/mol. The van der Waals surface area contributed by atoms with E-state index in [0.717, 1.165) is 166 Å². The molecule has 0 aliphatic carbocycles. The molecule has 0 atom stereocenters. The lowest BCUT2D eigenvalue weighted by atomic mass is 10.0. The molecule has 0 bridgehead atoms. The molecule has 0 N–H and O–H groups in total. The van der Waals surface area contributed by atoms with E-state index in [0.29, 0.717) is 120 Å². The Hall–Kier alpha value is -6.84. The van der Waals surface area contributed by atoms with Crippen molar-refractivity contribution < 1.29 is 72.3 Å². The number of halogens is 10. The number of hydrogen-bond acceptors (Lipinski definition) is 6. The molecule has 150 heavy (non-hydrogen) atoms. The highest BCUT2D eigenvalue weighted by Gasteiger charge is 2.27. The van der Waals surface area contributed by atoms with Crippen LogP contribution in [0.5, 0.6) is 34.5 Å². The van der Waals surface area contributed by atoms with Gasteiger partial charge >= 0.3 is 0 Å². The molecule has 5 aromatic carbocycles. The van der Waals surface area contributed by atoms with Crippen LogP contribution in [-0.2, 0) is 0 Å². The maximum atomic E-state index is 15.7. The molecule has 5 aromatic rings. The van der Waals surface area contributed by atoms with Crippen LogP contribution in [0.2, 0.25) is 0 Å². The lowest BCUT2D eigenvalue weighted by Crippen LogP contribution is -2.04. The molecule has 0 unspecified atom stereocenters. The Labute approximate surface area is 909 Å². The Kier molecular flexibility index (Phi) is 82.2. The Morgan fingerprint density at radius 3 is 0.333 bits per heavy atom. The van der Waals surface area contributed by atoms with Crippen molar-refractivity contribution in [3.8, 4) is 34.5 Å². The fourth-order valence-corrected chi connectivity index (χ4v) is 20.4. The van der Waals surface area contributed by atoms with Crippen LogP contribution in [0.3, 0.4) is 0 Å². The van der Waals surface area contributed by atoms with Gasteiger partial charge in [0.15, 0.2) is 46.5 Å². The van der Waals surface area contributed by atoms with Gasteiger partial charge in [-0.25, -0.2) is 43.9 Å². The second-order valence-corrected chi connectivity index (χ2v) is 43.8. The topological polar surface area (TPSA) is 55.4 Å². The van der Waals surface area contributed by atoms with Crippen molar-refractivity contribution >= 4 is 48.6 Å². The van der Waals surface area contributed by atoms with Crippen LogP contribution in [0.1, 0.15) is 625 Å². The predicted octanol–water partition coefficient (Wildman–Crippen LogP) is 46.9. The van der Waals surface area contributed by atoms with Gasteiger partial charge in [0, 0.05) is 33.4 Å².